The van der Waals surface area contributed by atoms with Gasteiger partial charge in [0.25, 0.3) is 0 Å². The van der Waals surface area contributed by atoms with E-state index in [1.807, 2.05) is 11.8 Å². The van der Waals surface area contributed by atoms with E-state index in [0.29, 0.717) is 5.25 Å². The molecule has 3 nitrogen and oxygen atoms in total. The van der Waals surface area contributed by atoms with Gasteiger partial charge in [-0.3, -0.25) is 10.1 Å². The van der Waals surface area contributed by atoms with Gasteiger partial charge in [-0.1, -0.05) is 6.92 Å². The molecule has 88 valence electrons. The van der Waals surface area contributed by atoms with Crippen molar-refractivity contribution in [2.24, 2.45) is 0 Å². The summed E-state index contributed by atoms with van der Waals surface area (Å²) in [4.78, 5) is 10.8. The van der Waals surface area contributed by atoms with Crippen LogP contribution in [0, 0.1) is 0 Å². The number of carboxylic acids is 1. The van der Waals surface area contributed by atoms with Gasteiger partial charge in [0, 0.05) is 11.3 Å². The fourth-order valence-electron chi connectivity index (χ4n) is 1.88. The molecule has 0 radical (unpaired) electrons. The zero-order chi connectivity index (χ0) is 11.7. The van der Waals surface area contributed by atoms with Crippen LogP contribution < -0.4 is 5.32 Å². The molecule has 5 heteroatoms. The summed E-state index contributed by atoms with van der Waals surface area (Å²) in [6.45, 7) is 3.88. The molecule has 0 fully saturated rings. The minimum atomic E-state index is -0.789. The molecule has 0 saturated carbocycles. The van der Waals surface area contributed by atoms with Crippen LogP contribution in [0.5, 0.6) is 0 Å². The third-order valence-corrected chi connectivity index (χ3v) is 5.08. The second kappa shape index (κ2) is 4.77. The van der Waals surface area contributed by atoms with Gasteiger partial charge in [-0.05, 0) is 30.4 Å². The highest BCUT2D eigenvalue weighted by atomic mass is 32.2. The van der Waals surface area contributed by atoms with Crippen LogP contribution in [0.25, 0.3) is 0 Å². The number of thiophene rings is 1. The van der Waals surface area contributed by atoms with Crippen molar-refractivity contribution in [2.75, 3.05) is 0 Å². The van der Waals surface area contributed by atoms with Gasteiger partial charge in [0.2, 0.25) is 0 Å². The third-order valence-electron chi connectivity index (χ3n) is 2.73. The van der Waals surface area contributed by atoms with E-state index in [9.17, 15) is 4.79 Å². The van der Waals surface area contributed by atoms with Crippen LogP contribution in [0.3, 0.4) is 0 Å². The normalized spacial score (nSPS) is 26.1. The van der Waals surface area contributed by atoms with Gasteiger partial charge >= 0.3 is 5.97 Å². The molecular weight excluding hydrogens is 242 g/mol. The van der Waals surface area contributed by atoms with E-state index < -0.39 is 12.0 Å². The smallest absolute Gasteiger partial charge is 0.320 e. The predicted molar refractivity (Wildman–Crippen MR) is 67.2 cm³/mol. The van der Waals surface area contributed by atoms with Crippen LogP contribution in [0.2, 0.25) is 0 Å². The summed E-state index contributed by atoms with van der Waals surface area (Å²) in [6.07, 6.45) is 0.992. The maximum atomic E-state index is 10.8. The average Bonchev–Trinajstić information content (AvgIpc) is 2.65. The Morgan fingerprint density at radius 2 is 2.44 bits per heavy atom. The predicted octanol–water partition coefficient (Wildman–Crippen LogP) is 2.74. The Balaban J connectivity index is 2.14. The monoisotopic (exact) mass is 257 g/mol. The zero-order valence-corrected chi connectivity index (χ0v) is 10.9. The van der Waals surface area contributed by atoms with E-state index in [2.05, 4.69) is 23.7 Å². The summed E-state index contributed by atoms with van der Waals surface area (Å²) in [5.74, 6) is -0.789. The lowest BCUT2D eigenvalue weighted by molar-refractivity contribution is -0.139. The Hall–Kier alpha value is -0.520. The Morgan fingerprint density at radius 3 is 3.12 bits per heavy atom. The van der Waals surface area contributed by atoms with Crippen LogP contribution >= 0.6 is 23.1 Å². The molecular formula is C11H15NO2S2. The zero-order valence-electron chi connectivity index (χ0n) is 9.27. The molecule has 0 aromatic carbocycles. The summed E-state index contributed by atoms with van der Waals surface area (Å²) in [5, 5.41) is 14.7. The van der Waals surface area contributed by atoms with Gasteiger partial charge in [-0.2, -0.15) is 0 Å². The molecule has 1 aromatic heterocycles. The largest absolute Gasteiger partial charge is 0.480 e. The van der Waals surface area contributed by atoms with Crippen LogP contribution in [0.1, 0.15) is 31.9 Å². The first-order valence-electron chi connectivity index (χ1n) is 5.31. The first-order chi connectivity index (χ1) is 7.58. The number of hydrogen-bond acceptors (Lipinski definition) is 4. The Bertz CT molecular complexity index is 391. The molecule has 0 bridgehead atoms. The fourth-order valence-corrected chi connectivity index (χ4v) is 4.45. The van der Waals surface area contributed by atoms with Gasteiger partial charge in [0.15, 0.2) is 0 Å². The van der Waals surface area contributed by atoms with E-state index in [-0.39, 0.29) is 6.04 Å². The summed E-state index contributed by atoms with van der Waals surface area (Å²) in [5.41, 5.74) is 1.27. The van der Waals surface area contributed by atoms with Crippen molar-refractivity contribution in [2.45, 2.75) is 41.8 Å². The van der Waals surface area contributed by atoms with Crippen molar-refractivity contribution in [3.63, 3.8) is 0 Å². The van der Waals surface area contributed by atoms with Crippen LogP contribution in [0.15, 0.2) is 15.7 Å². The first kappa shape index (κ1) is 12.0. The molecule has 1 aliphatic rings. The Kier molecular flexibility index (Phi) is 3.56. The summed E-state index contributed by atoms with van der Waals surface area (Å²) >= 11 is 3.63. The minimum Gasteiger partial charge on any atom is -0.480 e. The average molecular weight is 257 g/mol. The molecule has 2 N–H and O–H groups in total. The number of thioether (sulfide) groups is 1. The highest BCUT2D eigenvalue weighted by molar-refractivity contribution is 8.01. The number of hydrogen-bond donors (Lipinski definition) is 2. The Labute approximate surface area is 103 Å². The van der Waals surface area contributed by atoms with Crippen molar-refractivity contribution in [1.29, 1.82) is 0 Å². The van der Waals surface area contributed by atoms with Crippen molar-refractivity contribution < 1.29 is 9.90 Å². The highest BCUT2D eigenvalue weighted by Gasteiger charge is 2.28. The number of carbonyl (C=O) groups is 1. The van der Waals surface area contributed by atoms with Gasteiger partial charge in [0.05, 0.1) is 4.21 Å². The first-order valence-corrected chi connectivity index (χ1v) is 7.06. The molecule has 0 aliphatic carbocycles. The van der Waals surface area contributed by atoms with Gasteiger partial charge in [-0.25, -0.2) is 0 Å². The van der Waals surface area contributed by atoms with E-state index in [1.165, 1.54) is 9.77 Å². The van der Waals surface area contributed by atoms with E-state index in [0.717, 1.165) is 6.42 Å². The standard InChI is InChI=1S/C11H15NO2S2/c1-6-5-9(12-7(2)10(13)14)8-3-4-15-11(8)16-6/h3-4,6-7,9,12H,5H2,1-2H3,(H,13,14)/t6-,7?,9?/m0/s1. The molecule has 2 rings (SSSR count). The lowest BCUT2D eigenvalue weighted by Gasteiger charge is -2.29. The Morgan fingerprint density at radius 1 is 1.69 bits per heavy atom. The molecule has 0 saturated heterocycles. The van der Waals surface area contributed by atoms with Gasteiger partial charge in [-0.15, -0.1) is 23.1 Å². The maximum Gasteiger partial charge on any atom is 0.320 e. The van der Waals surface area contributed by atoms with Crippen molar-refractivity contribution in [3.8, 4) is 0 Å². The molecule has 16 heavy (non-hydrogen) atoms. The summed E-state index contributed by atoms with van der Waals surface area (Å²) in [6, 6.07) is 1.79. The van der Waals surface area contributed by atoms with E-state index >= 15 is 0 Å². The lowest BCUT2D eigenvalue weighted by Crippen LogP contribution is -2.38. The number of rotatable bonds is 3. The lowest BCUT2D eigenvalue weighted by atomic mass is 10.0. The number of aliphatic carboxylic acids is 1. The minimum absolute atomic E-state index is 0.184. The van der Waals surface area contributed by atoms with Crippen LogP contribution in [0.4, 0.5) is 0 Å². The topological polar surface area (TPSA) is 49.3 Å². The third kappa shape index (κ3) is 2.42. The molecule has 1 aromatic rings. The van der Waals surface area contributed by atoms with Crippen LogP contribution in [-0.4, -0.2) is 22.4 Å². The second-order valence-corrected chi connectivity index (χ2v) is 6.73. The molecule has 2 heterocycles. The van der Waals surface area contributed by atoms with Crippen molar-refractivity contribution in [3.05, 3.63) is 17.0 Å². The molecule has 0 spiro atoms. The van der Waals surface area contributed by atoms with Gasteiger partial charge < -0.3 is 5.11 Å². The highest BCUT2D eigenvalue weighted by Crippen LogP contribution is 2.43. The summed E-state index contributed by atoms with van der Waals surface area (Å²) in [7, 11) is 0. The van der Waals surface area contributed by atoms with Crippen LogP contribution in [-0.2, 0) is 4.79 Å². The van der Waals surface area contributed by atoms with E-state index in [4.69, 9.17) is 5.11 Å². The quantitative estimate of drug-likeness (QED) is 0.874. The number of nitrogens with one attached hydrogen (secondary N) is 1. The SMILES string of the molecule is CC(NC1C[C@H](C)Sc2sccc21)C(=O)O. The van der Waals surface area contributed by atoms with Crippen molar-refractivity contribution in [1.82, 2.24) is 5.32 Å². The number of fused-ring (bicyclic) bond motifs is 1. The summed E-state index contributed by atoms with van der Waals surface area (Å²) < 4.78 is 1.33. The molecule has 2 unspecified atom stereocenters. The molecule has 0 amide bonds. The van der Waals surface area contributed by atoms with Crippen molar-refractivity contribution >= 4 is 29.1 Å². The molecule has 1 aliphatic heterocycles. The maximum absolute atomic E-state index is 10.8. The molecule has 3 atom stereocenters. The number of carboxylic acid groups (broad SMARTS) is 1. The van der Waals surface area contributed by atoms with Gasteiger partial charge in [0.1, 0.15) is 6.04 Å². The second-order valence-electron chi connectivity index (χ2n) is 4.11. The fraction of sp³-hybridized carbons (Fsp3) is 0.545. The van der Waals surface area contributed by atoms with E-state index in [1.54, 1.807) is 18.3 Å².